The van der Waals surface area contributed by atoms with E-state index in [4.69, 9.17) is 41.2 Å². The SMILES string of the molecule is NC(=S)CN(C(=O)Nc1cc(Cl)ccc1Cl)C1CCCC1. The van der Waals surface area contributed by atoms with Gasteiger partial charge in [-0.05, 0) is 31.0 Å². The van der Waals surface area contributed by atoms with Crippen LogP contribution in [0.15, 0.2) is 18.2 Å². The number of carbonyl (C=O) groups excluding carboxylic acids is 1. The molecule has 0 radical (unpaired) electrons. The zero-order valence-corrected chi connectivity index (χ0v) is 13.8. The van der Waals surface area contributed by atoms with Gasteiger partial charge in [0.2, 0.25) is 0 Å². The molecule has 7 heteroatoms. The van der Waals surface area contributed by atoms with Gasteiger partial charge in [0.1, 0.15) is 0 Å². The van der Waals surface area contributed by atoms with Gasteiger partial charge in [-0.25, -0.2) is 4.79 Å². The van der Waals surface area contributed by atoms with E-state index >= 15 is 0 Å². The van der Waals surface area contributed by atoms with Gasteiger partial charge in [-0.2, -0.15) is 0 Å². The number of halogens is 2. The summed E-state index contributed by atoms with van der Waals surface area (Å²) in [5.41, 5.74) is 6.09. The number of urea groups is 1. The Hall–Kier alpha value is -1.04. The molecule has 1 aliphatic carbocycles. The fourth-order valence-corrected chi connectivity index (χ4v) is 3.01. The number of rotatable bonds is 4. The van der Waals surface area contributed by atoms with E-state index in [9.17, 15) is 4.79 Å². The Kier molecular flexibility index (Phi) is 5.67. The zero-order valence-electron chi connectivity index (χ0n) is 11.4. The Morgan fingerprint density at radius 3 is 2.67 bits per heavy atom. The molecule has 21 heavy (non-hydrogen) atoms. The first-order valence-electron chi connectivity index (χ1n) is 6.78. The summed E-state index contributed by atoms with van der Waals surface area (Å²) in [6, 6.07) is 4.86. The molecule has 0 aromatic heterocycles. The number of nitrogens with two attached hydrogens (primary N) is 1. The van der Waals surface area contributed by atoms with E-state index in [0.29, 0.717) is 20.7 Å². The Morgan fingerprint density at radius 2 is 2.05 bits per heavy atom. The van der Waals surface area contributed by atoms with Gasteiger partial charge in [-0.3, -0.25) is 0 Å². The summed E-state index contributed by atoms with van der Waals surface area (Å²) >= 11 is 16.9. The fraction of sp³-hybridized carbons (Fsp3) is 0.429. The van der Waals surface area contributed by atoms with Crippen molar-refractivity contribution in [3.05, 3.63) is 28.2 Å². The highest BCUT2D eigenvalue weighted by Gasteiger charge is 2.27. The first kappa shape index (κ1) is 16.3. The minimum atomic E-state index is -0.251. The summed E-state index contributed by atoms with van der Waals surface area (Å²) in [7, 11) is 0. The minimum absolute atomic E-state index is 0.171. The van der Waals surface area contributed by atoms with Crippen LogP contribution in [0.25, 0.3) is 0 Å². The lowest BCUT2D eigenvalue weighted by Gasteiger charge is -2.28. The number of nitrogens with one attached hydrogen (secondary N) is 1. The van der Waals surface area contributed by atoms with Crippen molar-refractivity contribution in [2.24, 2.45) is 5.73 Å². The molecule has 1 aromatic rings. The maximum Gasteiger partial charge on any atom is 0.322 e. The number of hydrogen-bond acceptors (Lipinski definition) is 2. The zero-order chi connectivity index (χ0) is 15.4. The van der Waals surface area contributed by atoms with Crippen LogP contribution in [-0.2, 0) is 0 Å². The molecule has 1 aliphatic rings. The first-order chi connectivity index (χ1) is 9.97. The molecular formula is C14H17Cl2N3OS. The molecule has 114 valence electrons. The van der Waals surface area contributed by atoms with Gasteiger partial charge in [0.15, 0.2) is 0 Å². The van der Waals surface area contributed by atoms with Gasteiger partial charge in [0, 0.05) is 11.1 Å². The summed E-state index contributed by atoms with van der Waals surface area (Å²) < 4.78 is 0. The smallest absolute Gasteiger partial charge is 0.322 e. The van der Waals surface area contributed by atoms with Gasteiger partial charge in [0.25, 0.3) is 0 Å². The van der Waals surface area contributed by atoms with E-state index in [1.54, 1.807) is 23.1 Å². The van der Waals surface area contributed by atoms with Crippen molar-refractivity contribution < 1.29 is 4.79 Å². The largest absolute Gasteiger partial charge is 0.392 e. The predicted octanol–water partition coefficient (Wildman–Crippen LogP) is 4.06. The molecule has 1 fully saturated rings. The summed E-state index contributed by atoms with van der Waals surface area (Å²) in [4.78, 5) is 14.5. The van der Waals surface area contributed by atoms with Crippen molar-refractivity contribution in [1.29, 1.82) is 0 Å². The number of carbonyl (C=O) groups is 1. The van der Waals surface area contributed by atoms with Crippen LogP contribution in [0.3, 0.4) is 0 Å². The fourth-order valence-electron chi connectivity index (χ4n) is 2.53. The minimum Gasteiger partial charge on any atom is -0.392 e. The molecule has 1 aromatic carbocycles. The van der Waals surface area contributed by atoms with Crippen molar-refractivity contribution in [3.8, 4) is 0 Å². The monoisotopic (exact) mass is 345 g/mol. The van der Waals surface area contributed by atoms with Gasteiger partial charge < -0.3 is 16.0 Å². The second-order valence-corrected chi connectivity index (χ2v) is 6.45. The van der Waals surface area contributed by atoms with E-state index in [1.165, 1.54) is 0 Å². The van der Waals surface area contributed by atoms with Crippen molar-refractivity contribution >= 4 is 52.1 Å². The average molecular weight is 346 g/mol. The number of nitrogens with zero attached hydrogens (tertiary/aromatic N) is 1. The molecular weight excluding hydrogens is 329 g/mol. The van der Waals surface area contributed by atoms with Gasteiger partial charge in [-0.1, -0.05) is 48.3 Å². The molecule has 3 N–H and O–H groups in total. The van der Waals surface area contributed by atoms with Gasteiger partial charge in [0.05, 0.1) is 22.2 Å². The van der Waals surface area contributed by atoms with Crippen LogP contribution in [0.4, 0.5) is 10.5 Å². The summed E-state index contributed by atoms with van der Waals surface area (Å²) in [6.45, 7) is 0.268. The van der Waals surface area contributed by atoms with Crippen molar-refractivity contribution in [2.75, 3.05) is 11.9 Å². The lowest BCUT2D eigenvalue weighted by atomic mass is 10.2. The van der Waals surface area contributed by atoms with Crippen LogP contribution < -0.4 is 11.1 Å². The van der Waals surface area contributed by atoms with E-state index in [1.807, 2.05) is 0 Å². The van der Waals surface area contributed by atoms with Crippen molar-refractivity contribution in [3.63, 3.8) is 0 Å². The summed E-state index contributed by atoms with van der Waals surface area (Å²) in [5.74, 6) is 0. The van der Waals surface area contributed by atoms with E-state index in [-0.39, 0.29) is 18.6 Å². The van der Waals surface area contributed by atoms with Gasteiger partial charge >= 0.3 is 6.03 Å². The number of amides is 2. The molecule has 0 spiro atoms. The Morgan fingerprint density at radius 1 is 1.38 bits per heavy atom. The second kappa shape index (κ2) is 7.29. The normalized spacial score (nSPS) is 15.0. The Labute approximate surface area is 139 Å². The highest BCUT2D eigenvalue weighted by Crippen LogP contribution is 2.27. The molecule has 0 bridgehead atoms. The molecule has 2 rings (SSSR count). The molecule has 4 nitrogen and oxygen atoms in total. The standard InChI is InChI=1S/C14H17Cl2N3OS/c15-9-5-6-11(16)12(7-9)18-14(20)19(8-13(17)21)10-3-1-2-4-10/h5-7,10H,1-4,8H2,(H2,17,21)(H,18,20). The highest BCUT2D eigenvalue weighted by atomic mass is 35.5. The molecule has 0 unspecified atom stereocenters. The average Bonchev–Trinajstić information content (AvgIpc) is 2.93. The Balaban J connectivity index is 2.13. The van der Waals surface area contributed by atoms with Crippen LogP contribution in [0, 0.1) is 0 Å². The number of thiocarbonyl (C=S) groups is 1. The number of anilines is 1. The van der Waals surface area contributed by atoms with Crippen LogP contribution in [0.1, 0.15) is 25.7 Å². The first-order valence-corrected chi connectivity index (χ1v) is 7.95. The van der Waals surface area contributed by atoms with Crippen molar-refractivity contribution in [1.82, 2.24) is 4.90 Å². The molecule has 0 saturated heterocycles. The lowest BCUT2D eigenvalue weighted by molar-refractivity contribution is 0.199. The maximum atomic E-state index is 12.5. The van der Waals surface area contributed by atoms with E-state index < -0.39 is 0 Å². The lowest BCUT2D eigenvalue weighted by Crippen LogP contribution is -2.45. The maximum absolute atomic E-state index is 12.5. The van der Waals surface area contributed by atoms with Crippen molar-refractivity contribution in [2.45, 2.75) is 31.7 Å². The van der Waals surface area contributed by atoms with E-state index in [2.05, 4.69) is 5.32 Å². The third-order valence-corrected chi connectivity index (χ3v) is 4.22. The number of hydrogen-bond donors (Lipinski definition) is 2. The molecule has 0 aliphatic heterocycles. The van der Waals surface area contributed by atoms with Crippen LogP contribution >= 0.6 is 35.4 Å². The van der Waals surface area contributed by atoms with E-state index in [0.717, 1.165) is 25.7 Å². The quantitative estimate of drug-likeness (QED) is 0.809. The summed E-state index contributed by atoms with van der Waals surface area (Å²) in [5, 5.41) is 3.74. The number of benzene rings is 1. The topological polar surface area (TPSA) is 58.4 Å². The van der Waals surface area contributed by atoms with Crippen LogP contribution in [0.2, 0.25) is 10.0 Å². The predicted molar refractivity (Wildman–Crippen MR) is 91.2 cm³/mol. The molecule has 0 heterocycles. The second-order valence-electron chi connectivity index (χ2n) is 5.09. The third kappa shape index (κ3) is 4.46. The highest BCUT2D eigenvalue weighted by molar-refractivity contribution is 7.80. The molecule has 1 saturated carbocycles. The van der Waals surface area contributed by atoms with Gasteiger partial charge in [-0.15, -0.1) is 0 Å². The third-order valence-electron chi connectivity index (χ3n) is 3.52. The molecule has 2 amide bonds. The Bertz CT molecular complexity index is 547. The molecule has 0 atom stereocenters. The van der Waals surface area contributed by atoms with Crippen LogP contribution in [0.5, 0.6) is 0 Å². The summed E-state index contributed by atoms with van der Waals surface area (Å²) in [6.07, 6.45) is 4.17. The van der Waals surface area contributed by atoms with Crippen LogP contribution in [-0.4, -0.2) is 28.5 Å².